The molecule has 36 heavy (non-hydrogen) atoms. The highest BCUT2D eigenvalue weighted by Crippen LogP contribution is 2.31. The van der Waals surface area contributed by atoms with Gasteiger partial charge in [0.05, 0.1) is 19.4 Å². The maximum absolute atomic E-state index is 12.8. The number of hydrogen-bond donors (Lipinski definition) is 0. The molecule has 1 saturated heterocycles. The molecule has 1 aromatic heterocycles. The van der Waals surface area contributed by atoms with Gasteiger partial charge in [0, 0.05) is 56.8 Å². The van der Waals surface area contributed by atoms with Crippen LogP contribution in [-0.4, -0.2) is 61.2 Å². The molecule has 1 amide bonds. The predicted octanol–water partition coefficient (Wildman–Crippen LogP) is 4.34. The Hall–Kier alpha value is -3.45. The van der Waals surface area contributed by atoms with Gasteiger partial charge < -0.3 is 19.3 Å². The zero-order valence-electron chi connectivity index (χ0n) is 21.2. The lowest BCUT2D eigenvalue weighted by Gasteiger charge is -2.39. The Morgan fingerprint density at radius 1 is 0.972 bits per heavy atom. The molecular formula is C29H34N4O3. The first-order valence-corrected chi connectivity index (χ1v) is 12.8. The number of rotatable bonds is 8. The minimum Gasteiger partial charge on any atom is -0.497 e. The lowest BCUT2D eigenvalue weighted by Crippen LogP contribution is -2.51. The zero-order chi connectivity index (χ0) is 24.9. The molecule has 2 fully saturated rings. The summed E-state index contributed by atoms with van der Waals surface area (Å²) in [6, 6.07) is 18.2. The summed E-state index contributed by atoms with van der Waals surface area (Å²) < 4.78 is 11.0. The van der Waals surface area contributed by atoms with Gasteiger partial charge in [-0.3, -0.25) is 4.79 Å². The number of hydrogen-bond acceptors (Lipinski definition) is 6. The fourth-order valence-corrected chi connectivity index (χ4v) is 4.97. The third kappa shape index (κ3) is 5.21. The minimum atomic E-state index is 0.234. The van der Waals surface area contributed by atoms with Crippen LogP contribution in [0.25, 0.3) is 11.4 Å². The van der Waals surface area contributed by atoms with Crippen molar-refractivity contribution in [3.8, 4) is 17.1 Å². The number of methoxy groups -OCH3 is 2. The van der Waals surface area contributed by atoms with Crippen molar-refractivity contribution in [2.45, 2.75) is 32.3 Å². The van der Waals surface area contributed by atoms with E-state index in [1.165, 1.54) is 6.42 Å². The molecule has 0 bridgehead atoms. The van der Waals surface area contributed by atoms with E-state index in [1.54, 1.807) is 14.2 Å². The van der Waals surface area contributed by atoms with Crippen LogP contribution in [0.3, 0.4) is 0 Å². The Morgan fingerprint density at radius 2 is 1.75 bits per heavy atom. The van der Waals surface area contributed by atoms with E-state index in [0.29, 0.717) is 24.8 Å². The van der Waals surface area contributed by atoms with Gasteiger partial charge >= 0.3 is 0 Å². The summed E-state index contributed by atoms with van der Waals surface area (Å²) in [5.74, 6) is 3.00. The van der Waals surface area contributed by atoms with Gasteiger partial charge in [0.2, 0.25) is 5.91 Å². The van der Waals surface area contributed by atoms with Gasteiger partial charge in [0.15, 0.2) is 5.82 Å². The molecule has 2 heterocycles. The van der Waals surface area contributed by atoms with Crippen molar-refractivity contribution in [2.24, 2.45) is 5.92 Å². The largest absolute Gasteiger partial charge is 0.497 e. The van der Waals surface area contributed by atoms with Crippen LogP contribution in [0.1, 0.15) is 36.1 Å². The second kappa shape index (κ2) is 11.1. The molecule has 3 aromatic rings. The Balaban J connectivity index is 1.50. The van der Waals surface area contributed by atoms with Crippen LogP contribution in [0, 0.1) is 5.92 Å². The van der Waals surface area contributed by atoms with Crippen molar-refractivity contribution in [2.75, 3.05) is 45.3 Å². The molecule has 1 aliphatic heterocycles. The quantitative estimate of drug-likeness (QED) is 0.472. The van der Waals surface area contributed by atoms with Gasteiger partial charge in [-0.05, 0) is 30.5 Å². The lowest BCUT2D eigenvalue weighted by molar-refractivity contribution is -0.138. The van der Waals surface area contributed by atoms with Crippen LogP contribution in [0.4, 0.5) is 5.82 Å². The summed E-state index contributed by atoms with van der Waals surface area (Å²) >= 11 is 0. The minimum absolute atomic E-state index is 0.234. The van der Waals surface area contributed by atoms with Gasteiger partial charge in [-0.25, -0.2) is 9.97 Å². The van der Waals surface area contributed by atoms with Crippen molar-refractivity contribution >= 4 is 11.7 Å². The number of anilines is 1. The van der Waals surface area contributed by atoms with E-state index < -0.39 is 0 Å². The van der Waals surface area contributed by atoms with Crippen LogP contribution in [0.5, 0.6) is 5.75 Å². The van der Waals surface area contributed by atoms with Crippen molar-refractivity contribution in [1.29, 1.82) is 0 Å². The standard InChI is InChI=1S/C29H34N4O3/c1-35-20-26-25(19-21-8-6-13-24(18-21)36-2)28(31-27(30-26)22-9-4-3-5-10-22)32-14-16-33(17-15-32)29(34)23-11-7-12-23/h3-6,8-10,13,18,23H,7,11-12,14-17,19-20H2,1-2H3. The summed E-state index contributed by atoms with van der Waals surface area (Å²) in [5.41, 5.74) is 4.05. The molecule has 0 radical (unpaired) electrons. The van der Waals surface area contributed by atoms with Gasteiger partial charge in [-0.15, -0.1) is 0 Å². The highest BCUT2D eigenvalue weighted by Gasteiger charge is 2.32. The molecule has 7 nitrogen and oxygen atoms in total. The van der Waals surface area contributed by atoms with Crippen LogP contribution in [-0.2, 0) is 22.6 Å². The monoisotopic (exact) mass is 486 g/mol. The molecule has 5 rings (SSSR count). The second-order valence-corrected chi connectivity index (χ2v) is 9.56. The van der Waals surface area contributed by atoms with Crippen molar-refractivity contribution < 1.29 is 14.3 Å². The zero-order valence-corrected chi connectivity index (χ0v) is 21.2. The molecule has 0 unspecified atom stereocenters. The number of ether oxygens (including phenoxy) is 2. The molecule has 1 aliphatic carbocycles. The molecule has 2 aromatic carbocycles. The van der Waals surface area contributed by atoms with E-state index in [9.17, 15) is 4.79 Å². The van der Waals surface area contributed by atoms with Crippen LogP contribution < -0.4 is 9.64 Å². The van der Waals surface area contributed by atoms with Crippen LogP contribution >= 0.6 is 0 Å². The van der Waals surface area contributed by atoms with Crippen molar-refractivity contribution in [3.63, 3.8) is 0 Å². The van der Waals surface area contributed by atoms with E-state index in [-0.39, 0.29) is 5.92 Å². The van der Waals surface area contributed by atoms with Crippen molar-refractivity contribution in [1.82, 2.24) is 14.9 Å². The van der Waals surface area contributed by atoms with E-state index in [0.717, 1.165) is 73.0 Å². The molecule has 1 saturated carbocycles. The lowest BCUT2D eigenvalue weighted by atomic mass is 9.84. The topological polar surface area (TPSA) is 67.8 Å². The summed E-state index contributed by atoms with van der Waals surface area (Å²) in [4.78, 5) is 27.2. The number of piperazine rings is 1. The van der Waals surface area contributed by atoms with E-state index in [2.05, 4.69) is 17.0 Å². The second-order valence-electron chi connectivity index (χ2n) is 9.56. The molecule has 0 atom stereocenters. The number of carbonyl (C=O) groups excluding carboxylic acids is 1. The number of benzene rings is 2. The number of carbonyl (C=O) groups is 1. The van der Waals surface area contributed by atoms with Gasteiger partial charge in [0.25, 0.3) is 0 Å². The summed E-state index contributed by atoms with van der Waals surface area (Å²) in [6.07, 6.45) is 3.92. The maximum Gasteiger partial charge on any atom is 0.225 e. The first-order valence-electron chi connectivity index (χ1n) is 12.8. The Bertz CT molecular complexity index is 1190. The SMILES string of the molecule is COCc1nc(-c2ccccc2)nc(N2CCN(C(=O)C3CCC3)CC2)c1Cc1cccc(OC)c1. The first kappa shape index (κ1) is 24.3. The number of nitrogens with zero attached hydrogens (tertiary/aromatic N) is 4. The van der Waals surface area contributed by atoms with Crippen LogP contribution in [0.15, 0.2) is 54.6 Å². The van der Waals surface area contributed by atoms with E-state index in [4.69, 9.17) is 19.4 Å². The molecule has 7 heteroatoms. The van der Waals surface area contributed by atoms with Gasteiger partial charge in [-0.2, -0.15) is 0 Å². The predicted molar refractivity (Wildman–Crippen MR) is 140 cm³/mol. The maximum atomic E-state index is 12.8. The van der Waals surface area contributed by atoms with Crippen molar-refractivity contribution in [3.05, 3.63) is 71.4 Å². The Labute approximate surface area is 213 Å². The highest BCUT2D eigenvalue weighted by molar-refractivity contribution is 5.80. The third-order valence-corrected chi connectivity index (χ3v) is 7.24. The van der Waals surface area contributed by atoms with E-state index in [1.807, 2.05) is 47.4 Å². The average molecular weight is 487 g/mol. The summed E-state index contributed by atoms with van der Waals surface area (Å²) in [5, 5.41) is 0. The fraction of sp³-hybridized carbons (Fsp3) is 0.414. The smallest absolute Gasteiger partial charge is 0.225 e. The van der Waals surface area contributed by atoms with Gasteiger partial charge in [-0.1, -0.05) is 48.9 Å². The molecule has 2 aliphatic rings. The third-order valence-electron chi connectivity index (χ3n) is 7.24. The highest BCUT2D eigenvalue weighted by atomic mass is 16.5. The molecule has 0 N–H and O–H groups in total. The van der Waals surface area contributed by atoms with Crippen LogP contribution in [0.2, 0.25) is 0 Å². The molecule has 188 valence electrons. The number of amides is 1. The first-order chi connectivity index (χ1) is 17.7. The normalized spacial score (nSPS) is 16.1. The average Bonchev–Trinajstić information content (AvgIpc) is 2.89. The fourth-order valence-electron chi connectivity index (χ4n) is 4.97. The molecule has 0 spiro atoms. The Morgan fingerprint density at radius 3 is 2.42 bits per heavy atom. The summed E-state index contributed by atoms with van der Waals surface area (Å²) in [6.45, 7) is 3.34. The molecular weight excluding hydrogens is 452 g/mol. The summed E-state index contributed by atoms with van der Waals surface area (Å²) in [7, 11) is 3.38. The number of aromatic nitrogens is 2. The Kier molecular flexibility index (Phi) is 7.47. The van der Waals surface area contributed by atoms with Gasteiger partial charge in [0.1, 0.15) is 11.6 Å². The van der Waals surface area contributed by atoms with E-state index >= 15 is 0 Å².